The van der Waals surface area contributed by atoms with Gasteiger partial charge in [0.1, 0.15) is 6.23 Å². The highest BCUT2D eigenvalue weighted by molar-refractivity contribution is 7.80. The predicted octanol–water partition coefficient (Wildman–Crippen LogP) is 3.34. The van der Waals surface area contributed by atoms with E-state index >= 15 is 0 Å². The third-order valence-electron chi connectivity index (χ3n) is 3.61. The summed E-state index contributed by atoms with van der Waals surface area (Å²) in [6, 6.07) is 1.82. The minimum absolute atomic E-state index is 0.0599. The van der Waals surface area contributed by atoms with Crippen LogP contribution in [0.1, 0.15) is 33.9 Å². The standard InChI is InChI=1S/C18H25N5O4S/c1-5-25-12(4)23-11-13(10-20-23)14-8-9-19-16(15(14)26-6-2)21-17(28)22-18(24)27-7-3/h8-12H,5-7H2,1-4H3,(H2,19,21,22,24,28). The number of carbonyl (C=O) groups is 1. The molecule has 2 rings (SSSR count). The van der Waals surface area contributed by atoms with E-state index in [4.69, 9.17) is 26.4 Å². The zero-order chi connectivity index (χ0) is 20.5. The number of nitrogens with zero attached hydrogens (tertiary/aromatic N) is 3. The van der Waals surface area contributed by atoms with Crippen molar-refractivity contribution < 1.29 is 19.0 Å². The van der Waals surface area contributed by atoms with Gasteiger partial charge in [-0.3, -0.25) is 5.32 Å². The van der Waals surface area contributed by atoms with E-state index in [0.717, 1.165) is 11.1 Å². The van der Waals surface area contributed by atoms with Gasteiger partial charge in [-0.25, -0.2) is 14.5 Å². The van der Waals surface area contributed by atoms with Crippen LogP contribution in [0.5, 0.6) is 5.75 Å². The Morgan fingerprint density at radius 2 is 2.07 bits per heavy atom. The molecule has 2 heterocycles. The van der Waals surface area contributed by atoms with Crippen molar-refractivity contribution in [2.75, 3.05) is 25.1 Å². The van der Waals surface area contributed by atoms with Gasteiger partial charge < -0.3 is 19.5 Å². The van der Waals surface area contributed by atoms with Crippen LogP contribution in [0.3, 0.4) is 0 Å². The van der Waals surface area contributed by atoms with E-state index in [1.54, 1.807) is 24.0 Å². The molecular weight excluding hydrogens is 382 g/mol. The first-order valence-electron chi connectivity index (χ1n) is 9.02. The second-order valence-electron chi connectivity index (χ2n) is 5.53. The van der Waals surface area contributed by atoms with E-state index in [-0.39, 0.29) is 17.9 Å². The summed E-state index contributed by atoms with van der Waals surface area (Å²) in [5.74, 6) is 0.883. The molecular formula is C18H25N5O4S. The number of rotatable bonds is 8. The highest BCUT2D eigenvalue weighted by Crippen LogP contribution is 2.35. The Kier molecular flexibility index (Phi) is 8.15. The molecule has 0 saturated carbocycles. The largest absolute Gasteiger partial charge is 0.489 e. The van der Waals surface area contributed by atoms with Crippen LogP contribution >= 0.6 is 12.2 Å². The smallest absolute Gasteiger partial charge is 0.413 e. The summed E-state index contributed by atoms with van der Waals surface area (Å²) < 4.78 is 17.9. The molecule has 10 heteroatoms. The normalized spacial score (nSPS) is 11.6. The molecule has 0 aliphatic heterocycles. The van der Waals surface area contributed by atoms with E-state index in [0.29, 0.717) is 24.8 Å². The molecule has 0 aliphatic rings. The van der Waals surface area contributed by atoms with Crippen LogP contribution < -0.4 is 15.4 Å². The number of carbonyl (C=O) groups excluding carboxylic acids is 1. The number of amides is 1. The average molecular weight is 407 g/mol. The Labute approximate surface area is 169 Å². The maximum atomic E-state index is 11.5. The number of thiocarbonyl (C=S) groups is 1. The first-order chi connectivity index (χ1) is 13.5. The summed E-state index contributed by atoms with van der Waals surface area (Å²) >= 11 is 5.15. The topological polar surface area (TPSA) is 99.5 Å². The minimum Gasteiger partial charge on any atom is -0.489 e. The molecule has 1 unspecified atom stereocenters. The maximum Gasteiger partial charge on any atom is 0.413 e. The Hall–Kier alpha value is -2.72. The monoisotopic (exact) mass is 407 g/mol. The quantitative estimate of drug-likeness (QED) is 0.643. The molecule has 0 radical (unpaired) electrons. The van der Waals surface area contributed by atoms with Gasteiger partial charge in [-0.1, -0.05) is 0 Å². The SMILES string of the molecule is CCOC(=O)NC(=S)Nc1nccc(-c2cnn(C(C)OCC)c2)c1OCC. The van der Waals surface area contributed by atoms with Crippen LogP contribution in [0.2, 0.25) is 0 Å². The van der Waals surface area contributed by atoms with E-state index in [9.17, 15) is 4.79 Å². The Bertz CT molecular complexity index is 811. The molecule has 0 saturated heterocycles. The van der Waals surface area contributed by atoms with E-state index in [1.807, 2.05) is 33.0 Å². The number of aromatic nitrogens is 3. The lowest BCUT2D eigenvalue weighted by Gasteiger charge is -2.15. The minimum atomic E-state index is -0.639. The predicted molar refractivity (Wildman–Crippen MR) is 109 cm³/mol. The second-order valence-corrected chi connectivity index (χ2v) is 5.94. The number of anilines is 1. The van der Waals surface area contributed by atoms with Crippen molar-refractivity contribution in [3.63, 3.8) is 0 Å². The lowest BCUT2D eigenvalue weighted by Crippen LogP contribution is -2.34. The van der Waals surface area contributed by atoms with Crippen LogP contribution in [-0.4, -0.2) is 45.8 Å². The van der Waals surface area contributed by atoms with Gasteiger partial charge in [0.25, 0.3) is 0 Å². The van der Waals surface area contributed by atoms with Crippen molar-refractivity contribution >= 4 is 29.2 Å². The van der Waals surface area contributed by atoms with Crippen LogP contribution in [0.25, 0.3) is 11.1 Å². The first-order valence-corrected chi connectivity index (χ1v) is 9.43. The van der Waals surface area contributed by atoms with Gasteiger partial charge in [-0.05, 0) is 46.0 Å². The molecule has 0 bridgehead atoms. The van der Waals surface area contributed by atoms with Crippen LogP contribution in [0, 0.1) is 0 Å². The molecule has 152 valence electrons. The number of hydrogen-bond donors (Lipinski definition) is 2. The maximum absolute atomic E-state index is 11.5. The van der Waals surface area contributed by atoms with Crippen molar-refractivity contribution in [3.05, 3.63) is 24.7 Å². The highest BCUT2D eigenvalue weighted by atomic mass is 32.1. The Morgan fingerprint density at radius 1 is 1.29 bits per heavy atom. The fourth-order valence-electron chi connectivity index (χ4n) is 2.45. The third kappa shape index (κ3) is 5.64. The van der Waals surface area contributed by atoms with Gasteiger partial charge in [0.05, 0.1) is 19.4 Å². The van der Waals surface area contributed by atoms with Gasteiger partial charge in [0.15, 0.2) is 16.7 Å². The first kappa shape index (κ1) is 21.6. The van der Waals surface area contributed by atoms with Crippen molar-refractivity contribution in [1.82, 2.24) is 20.1 Å². The zero-order valence-electron chi connectivity index (χ0n) is 16.4. The fourth-order valence-corrected chi connectivity index (χ4v) is 2.63. The van der Waals surface area contributed by atoms with Crippen LogP contribution in [0.15, 0.2) is 24.7 Å². The molecule has 0 aliphatic carbocycles. The van der Waals surface area contributed by atoms with Gasteiger partial charge in [0.2, 0.25) is 0 Å². The lowest BCUT2D eigenvalue weighted by atomic mass is 10.1. The highest BCUT2D eigenvalue weighted by Gasteiger charge is 2.17. The summed E-state index contributed by atoms with van der Waals surface area (Å²) in [5.41, 5.74) is 1.62. The summed E-state index contributed by atoms with van der Waals surface area (Å²) in [7, 11) is 0. The third-order valence-corrected chi connectivity index (χ3v) is 3.81. The van der Waals surface area contributed by atoms with Gasteiger partial charge >= 0.3 is 6.09 Å². The molecule has 2 aromatic rings. The summed E-state index contributed by atoms with van der Waals surface area (Å²) in [5, 5.41) is 9.72. The summed E-state index contributed by atoms with van der Waals surface area (Å²) in [6.45, 7) is 8.70. The van der Waals surface area contributed by atoms with Crippen molar-refractivity contribution in [3.8, 4) is 16.9 Å². The average Bonchev–Trinajstić information content (AvgIpc) is 3.13. The number of alkyl carbamates (subject to hydrolysis) is 1. The number of nitrogens with one attached hydrogen (secondary N) is 2. The van der Waals surface area contributed by atoms with E-state index < -0.39 is 6.09 Å². The van der Waals surface area contributed by atoms with E-state index in [1.165, 1.54) is 0 Å². The van der Waals surface area contributed by atoms with Gasteiger partial charge in [-0.2, -0.15) is 5.10 Å². The second kappa shape index (κ2) is 10.6. The molecule has 2 aromatic heterocycles. The molecule has 0 aromatic carbocycles. The fraction of sp³-hybridized carbons (Fsp3) is 0.444. The molecule has 0 spiro atoms. The molecule has 1 atom stereocenters. The summed E-state index contributed by atoms with van der Waals surface area (Å²) in [6.07, 6.45) is 4.40. The molecule has 0 fully saturated rings. The van der Waals surface area contributed by atoms with E-state index in [2.05, 4.69) is 20.7 Å². The lowest BCUT2D eigenvalue weighted by molar-refractivity contribution is 0.0160. The number of hydrogen-bond acceptors (Lipinski definition) is 7. The molecule has 28 heavy (non-hydrogen) atoms. The van der Waals surface area contributed by atoms with Crippen molar-refractivity contribution in [2.24, 2.45) is 0 Å². The van der Waals surface area contributed by atoms with Crippen molar-refractivity contribution in [2.45, 2.75) is 33.9 Å². The van der Waals surface area contributed by atoms with Crippen LogP contribution in [0.4, 0.5) is 10.6 Å². The van der Waals surface area contributed by atoms with Gasteiger partial charge in [0, 0.05) is 30.1 Å². The van der Waals surface area contributed by atoms with Gasteiger partial charge in [-0.15, -0.1) is 0 Å². The molecule has 1 amide bonds. The molecule has 2 N–H and O–H groups in total. The molecule has 9 nitrogen and oxygen atoms in total. The number of ether oxygens (including phenoxy) is 3. The Morgan fingerprint density at radius 3 is 2.75 bits per heavy atom. The Balaban J connectivity index is 2.28. The zero-order valence-corrected chi connectivity index (χ0v) is 17.2. The van der Waals surface area contributed by atoms with Crippen molar-refractivity contribution in [1.29, 1.82) is 0 Å². The van der Waals surface area contributed by atoms with Crippen LogP contribution in [-0.2, 0) is 9.47 Å². The number of pyridine rings is 1. The summed E-state index contributed by atoms with van der Waals surface area (Å²) in [4.78, 5) is 15.8.